The molecule has 0 spiro atoms. The van der Waals surface area contributed by atoms with Gasteiger partial charge in [0.15, 0.2) is 0 Å². The molecule has 2 N–H and O–H groups in total. The van der Waals surface area contributed by atoms with E-state index in [-0.39, 0.29) is 11.8 Å². The number of nitrogens with zero attached hydrogens (tertiary/aromatic N) is 1. The van der Waals surface area contributed by atoms with Gasteiger partial charge in [0.2, 0.25) is 5.91 Å². The summed E-state index contributed by atoms with van der Waals surface area (Å²) in [5.41, 5.74) is 3.06. The fraction of sp³-hybridized carbons (Fsp3) is 0.294. The molecule has 0 radical (unpaired) electrons. The Morgan fingerprint density at radius 1 is 1.27 bits per heavy atom. The minimum absolute atomic E-state index is 0.0840. The zero-order valence-electron chi connectivity index (χ0n) is 12.4. The molecule has 1 heterocycles. The maximum absolute atomic E-state index is 11.9. The average molecular weight is 360 g/mol. The van der Waals surface area contributed by atoms with Crippen LogP contribution >= 0.6 is 15.9 Å². The van der Waals surface area contributed by atoms with Crippen molar-refractivity contribution >= 4 is 39.0 Å². The van der Waals surface area contributed by atoms with Crippen LogP contribution < -0.4 is 10.6 Å². The second-order valence-corrected chi connectivity index (χ2v) is 6.51. The Balaban J connectivity index is 1.64. The van der Waals surface area contributed by atoms with E-state index in [2.05, 4.69) is 44.5 Å². The molecule has 0 unspecified atom stereocenters. The SMILES string of the molecule is Cc1ccc(Nc2ccc(NC(=O)C3CCC3)nc2)c(Br)c1. The maximum Gasteiger partial charge on any atom is 0.228 e. The average Bonchev–Trinajstić information content (AvgIpc) is 2.42. The molecule has 0 aliphatic heterocycles. The molecular formula is C17H18BrN3O. The van der Waals surface area contributed by atoms with E-state index in [4.69, 9.17) is 0 Å². The Bertz CT molecular complexity index is 681. The number of hydrogen-bond acceptors (Lipinski definition) is 3. The largest absolute Gasteiger partial charge is 0.353 e. The number of carbonyl (C=O) groups is 1. The van der Waals surface area contributed by atoms with Crippen molar-refractivity contribution in [2.24, 2.45) is 5.92 Å². The van der Waals surface area contributed by atoms with Crippen LogP contribution in [0, 0.1) is 12.8 Å². The summed E-state index contributed by atoms with van der Waals surface area (Å²) in [4.78, 5) is 16.2. The van der Waals surface area contributed by atoms with Gasteiger partial charge in [0.25, 0.3) is 0 Å². The molecule has 0 bridgehead atoms. The first-order valence-corrected chi connectivity index (χ1v) is 8.21. The van der Waals surface area contributed by atoms with Gasteiger partial charge in [-0.25, -0.2) is 4.98 Å². The highest BCUT2D eigenvalue weighted by atomic mass is 79.9. The second kappa shape index (κ2) is 6.48. The van der Waals surface area contributed by atoms with Crippen molar-refractivity contribution in [3.63, 3.8) is 0 Å². The third kappa shape index (κ3) is 3.47. The van der Waals surface area contributed by atoms with Gasteiger partial charge in [-0.05, 0) is 65.5 Å². The van der Waals surface area contributed by atoms with Gasteiger partial charge in [-0.15, -0.1) is 0 Å². The summed E-state index contributed by atoms with van der Waals surface area (Å²) in [5, 5.41) is 6.17. The second-order valence-electron chi connectivity index (χ2n) is 5.66. The standard InChI is InChI=1S/C17H18BrN3O/c1-11-5-7-15(14(18)9-11)20-13-6-8-16(19-10-13)21-17(22)12-3-2-4-12/h5-10,12,20H,2-4H2,1H3,(H,19,21,22). The summed E-state index contributed by atoms with van der Waals surface area (Å²) in [5.74, 6) is 0.856. The number of amides is 1. The van der Waals surface area contributed by atoms with E-state index in [1.807, 2.05) is 24.3 Å². The van der Waals surface area contributed by atoms with Crippen molar-refractivity contribution in [3.05, 3.63) is 46.6 Å². The van der Waals surface area contributed by atoms with E-state index in [0.29, 0.717) is 5.82 Å². The highest BCUT2D eigenvalue weighted by molar-refractivity contribution is 9.10. The molecule has 4 nitrogen and oxygen atoms in total. The van der Waals surface area contributed by atoms with Crippen molar-refractivity contribution in [1.82, 2.24) is 4.98 Å². The predicted octanol–water partition coefficient (Wildman–Crippen LogP) is 4.63. The van der Waals surface area contributed by atoms with Crippen molar-refractivity contribution in [2.45, 2.75) is 26.2 Å². The number of aromatic nitrogens is 1. The molecule has 3 rings (SSSR count). The van der Waals surface area contributed by atoms with Gasteiger partial charge in [-0.2, -0.15) is 0 Å². The number of halogens is 1. The summed E-state index contributed by atoms with van der Waals surface area (Å²) in [6, 6.07) is 9.86. The van der Waals surface area contributed by atoms with Gasteiger partial charge in [0.05, 0.1) is 17.6 Å². The lowest BCUT2D eigenvalue weighted by atomic mass is 9.85. The Labute approximate surface area is 138 Å². The van der Waals surface area contributed by atoms with Gasteiger partial charge < -0.3 is 10.6 Å². The quantitative estimate of drug-likeness (QED) is 0.836. The molecule has 1 amide bonds. The van der Waals surface area contributed by atoms with Crippen LogP contribution in [0.5, 0.6) is 0 Å². The number of rotatable bonds is 4. The zero-order chi connectivity index (χ0) is 15.5. The minimum atomic E-state index is 0.0840. The molecule has 1 saturated carbocycles. The van der Waals surface area contributed by atoms with Crippen molar-refractivity contribution in [3.8, 4) is 0 Å². The lowest BCUT2D eigenvalue weighted by Gasteiger charge is -2.23. The van der Waals surface area contributed by atoms with Crippen LogP contribution in [0.1, 0.15) is 24.8 Å². The van der Waals surface area contributed by atoms with Crippen LogP contribution in [0.3, 0.4) is 0 Å². The van der Waals surface area contributed by atoms with E-state index in [1.54, 1.807) is 6.20 Å². The molecule has 1 aliphatic rings. The van der Waals surface area contributed by atoms with E-state index >= 15 is 0 Å². The molecule has 22 heavy (non-hydrogen) atoms. The highest BCUT2D eigenvalue weighted by Gasteiger charge is 2.25. The summed E-state index contributed by atoms with van der Waals surface area (Å²) in [6.07, 6.45) is 4.86. The summed E-state index contributed by atoms with van der Waals surface area (Å²) in [7, 11) is 0. The lowest BCUT2D eigenvalue weighted by Crippen LogP contribution is -2.28. The Kier molecular flexibility index (Phi) is 4.43. The van der Waals surface area contributed by atoms with Crippen molar-refractivity contribution in [1.29, 1.82) is 0 Å². The van der Waals surface area contributed by atoms with Gasteiger partial charge in [0.1, 0.15) is 5.82 Å². The smallest absolute Gasteiger partial charge is 0.228 e. The predicted molar refractivity (Wildman–Crippen MR) is 92.4 cm³/mol. The van der Waals surface area contributed by atoms with E-state index in [0.717, 1.165) is 35.1 Å². The Hall–Kier alpha value is -1.88. The van der Waals surface area contributed by atoms with E-state index in [9.17, 15) is 4.79 Å². The Morgan fingerprint density at radius 2 is 2.09 bits per heavy atom. The Morgan fingerprint density at radius 3 is 2.68 bits per heavy atom. The summed E-state index contributed by atoms with van der Waals surface area (Å²) >= 11 is 3.54. The third-order valence-electron chi connectivity index (χ3n) is 3.89. The lowest BCUT2D eigenvalue weighted by molar-refractivity contribution is -0.122. The molecule has 1 aromatic heterocycles. The number of benzene rings is 1. The molecular weight excluding hydrogens is 342 g/mol. The van der Waals surface area contributed by atoms with Crippen molar-refractivity contribution < 1.29 is 4.79 Å². The molecule has 5 heteroatoms. The minimum Gasteiger partial charge on any atom is -0.353 e. The maximum atomic E-state index is 11.9. The van der Waals surface area contributed by atoms with Crippen LogP contribution in [0.2, 0.25) is 0 Å². The van der Waals surface area contributed by atoms with Crippen LogP contribution in [0.15, 0.2) is 41.0 Å². The first-order chi connectivity index (χ1) is 10.6. The monoisotopic (exact) mass is 359 g/mol. The van der Waals surface area contributed by atoms with Crippen LogP contribution in [-0.4, -0.2) is 10.9 Å². The fourth-order valence-electron chi connectivity index (χ4n) is 2.32. The molecule has 114 valence electrons. The first kappa shape index (κ1) is 15.0. The third-order valence-corrected chi connectivity index (χ3v) is 4.55. The zero-order valence-corrected chi connectivity index (χ0v) is 14.0. The summed E-state index contributed by atoms with van der Waals surface area (Å²) in [6.45, 7) is 2.05. The number of hydrogen-bond donors (Lipinski definition) is 2. The van der Waals surface area contributed by atoms with E-state index < -0.39 is 0 Å². The first-order valence-electron chi connectivity index (χ1n) is 7.42. The number of carbonyl (C=O) groups excluding carboxylic acids is 1. The fourth-order valence-corrected chi connectivity index (χ4v) is 2.91. The molecule has 0 saturated heterocycles. The molecule has 1 aliphatic carbocycles. The molecule has 1 aromatic carbocycles. The summed E-state index contributed by atoms with van der Waals surface area (Å²) < 4.78 is 1.01. The molecule has 0 atom stereocenters. The molecule has 1 fully saturated rings. The highest BCUT2D eigenvalue weighted by Crippen LogP contribution is 2.28. The van der Waals surface area contributed by atoms with Gasteiger partial charge in [0, 0.05) is 10.4 Å². The van der Waals surface area contributed by atoms with Crippen LogP contribution in [0.4, 0.5) is 17.2 Å². The number of nitrogens with one attached hydrogen (secondary N) is 2. The number of pyridine rings is 1. The van der Waals surface area contributed by atoms with Crippen LogP contribution in [-0.2, 0) is 4.79 Å². The normalized spacial score (nSPS) is 14.3. The number of anilines is 3. The van der Waals surface area contributed by atoms with E-state index in [1.165, 1.54) is 5.56 Å². The van der Waals surface area contributed by atoms with Crippen LogP contribution in [0.25, 0.3) is 0 Å². The topological polar surface area (TPSA) is 54.0 Å². The van der Waals surface area contributed by atoms with Crippen molar-refractivity contribution in [2.75, 3.05) is 10.6 Å². The number of aryl methyl sites for hydroxylation is 1. The van der Waals surface area contributed by atoms with Gasteiger partial charge in [-0.3, -0.25) is 4.79 Å². The van der Waals surface area contributed by atoms with Gasteiger partial charge >= 0.3 is 0 Å². The molecule has 2 aromatic rings. The van der Waals surface area contributed by atoms with Gasteiger partial charge in [-0.1, -0.05) is 12.5 Å².